The van der Waals surface area contributed by atoms with Crippen LogP contribution in [0.2, 0.25) is 0 Å². The molecule has 1 heterocycles. The van der Waals surface area contributed by atoms with Gasteiger partial charge in [-0.2, -0.15) is 0 Å². The number of amides is 1. The minimum Gasteiger partial charge on any atom is -0.370 e. The summed E-state index contributed by atoms with van der Waals surface area (Å²) in [6.45, 7) is 3.46. The maximum Gasteiger partial charge on any atom is 0.252 e. The molecule has 0 aliphatic carbocycles. The predicted octanol–water partition coefficient (Wildman–Crippen LogP) is 2.30. The molecule has 8 heteroatoms. The fourth-order valence-corrected chi connectivity index (χ4v) is 3.01. The van der Waals surface area contributed by atoms with Crippen LogP contribution in [0.3, 0.4) is 0 Å². The number of hydrogen-bond donors (Lipinski definition) is 3. The van der Waals surface area contributed by atoms with E-state index < -0.39 is 10.0 Å². The quantitative estimate of drug-likeness (QED) is 0.539. The Balaban J connectivity index is 1.78. The van der Waals surface area contributed by atoms with Crippen LogP contribution in [0.25, 0.3) is 0 Å². The number of sulfonamides is 1. The molecule has 0 atom stereocenters. The van der Waals surface area contributed by atoms with Crippen LogP contribution < -0.4 is 15.8 Å². The van der Waals surface area contributed by atoms with Gasteiger partial charge in [0.15, 0.2) is 0 Å². The lowest BCUT2D eigenvalue weighted by Gasteiger charge is -2.08. The molecule has 0 spiro atoms. The van der Waals surface area contributed by atoms with Crippen molar-refractivity contribution in [3.63, 3.8) is 0 Å². The first-order chi connectivity index (χ1) is 12.9. The fourth-order valence-electron chi connectivity index (χ4n) is 2.49. The lowest BCUT2D eigenvalue weighted by atomic mass is 10.1. The number of hydrogen-bond acceptors (Lipinski definition) is 5. The van der Waals surface area contributed by atoms with Crippen molar-refractivity contribution in [2.45, 2.75) is 37.5 Å². The van der Waals surface area contributed by atoms with Gasteiger partial charge in [-0.25, -0.2) is 18.5 Å². The number of carbonyl (C=O) groups is 1. The van der Waals surface area contributed by atoms with Crippen LogP contribution in [0.15, 0.2) is 47.5 Å². The Hall–Kier alpha value is -2.45. The molecule has 4 N–H and O–H groups in total. The summed E-state index contributed by atoms with van der Waals surface area (Å²) in [4.78, 5) is 16.5. The summed E-state index contributed by atoms with van der Waals surface area (Å²) in [7, 11) is -3.68. The predicted molar refractivity (Wildman–Crippen MR) is 106 cm³/mol. The number of anilines is 1. The Morgan fingerprint density at radius 1 is 1.07 bits per heavy atom. The van der Waals surface area contributed by atoms with E-state index in [-0.39, 0.29) is 10.8 Å². The van der Waals surface area contributed by atoms with Gasteiger partial charge < -0.3 is 10.6 Å². The molecule has 7 nitrogen and oxygen atoms in total. The third kappa shape index (κ3) is 6.99. The maximum atomic E-state index is 12.2. The summed E-state index contributed by atoms with van der Waals surface area (Å²) in [5.74, 6) is 0.568. The molecule has 0 unspecified atom stereocenters. The van der Waals surface area contributed by atoms with Crippen LogP contribution in [0.4, 0.5) is 5.82 Å². The van der Waals surface area contributed by atoms with Gasteiger partial charge in [-0.1, -0.05) is 31.9 Å². The van der Waals surface area contributed by atoms with E-state index in [4.69, 9.17) is 5.14 Å². The SMILES string of the molecule is CCCCCNc1ccc(C(=O)NCCc2ccc(S(N)(=O)=O)cc2)cn1. The third-order valence-corrected chi connectivity index (χ3v) is 4.99. The molecular formula is C19H26N4O3S. The highest BCUT2D eigenvalue weighted by Crippen LogP contribution is 2.09. The molecule has 0 saturated carbocycles. The molecule has 0 saturated heterocycles. The molecular weight excluding hydrogens is 364 g/mol. The molecule has 2 aromatic rings. The highest BCUT2D eigenvalue weighted by atomic mass is 32.2. The van der Waals surface area contributed by atoms with E-state index >= 15 is 0 Å². The summed E-state index contributed by atoms with van der Waals surface area (Å²) in [5, 5.41) is 11.1. The first-order valence-corrected chi connectivity index (χ1v) is 10.5. The van der Waals surface area contributed by atoms with Gasteiger partial charge in [0, 0.05) is 19.3 Å². The standard InChI is InChI=1S/C19H26N4O3S/c1-2-3-4-12-21-18-10-7-16(14-23-18)19(24)22-13-11-15-5-8-17(9-6-15)27(20,25)26/h5-10,14H,2-4,11-13H2,1H3,(H,21,23)(H,22,24)(H2,20,25,26). The van der Waals surface area contributed by atoms with E-state index in [1.54, 1.807) is 30.5 Å². The van der Waals surface area contributed by atoms with E-state index in [0.29, 0.717) is 18.5 Å². The molecule has 0 aliphatic rings. The number of unbranched alkanes of at least 4 members (excludes halogenated alkanes) is 2. The second-order valence-electron chi connectivity index (χ2n) is 6.26. The number of carbonyl (C=O) groups excluding carboxylic acids is 1. The topological polar surface area (TPSA) is 114 Å². The normalized spacial score (nSPS) is 11.2. The minimum absolute atomic E-state index is 0.0738. The highest BCUT2D eigenvalue weighted by molar-refractivity contribution is 7.89. The largest absolute Gasteiger partial charge is 0.370 e. The lowest BCUT2D eigenvalue weighted by Crippen LogP contribution is -2.25. The number of aromatic nitrogens is 1. The van der Waals surface area contributed by atoms with Crippen molar-refractivity contribution in [3.05, 3.63) is 53.7 Å². The van der Waals surface area contributed by atoms with Crippen molar-refractivity contribution in [3.8, 4) is 0 Å². The van der Waals surface area contributed by atoms with Crippen molar-refractivity contribution in [2.24, 2.45) is 5.14 Å². The van der Waals surface area contributed by atoms with Gasteiger partial charge in [0.25, 0.3) is 5.91 Å². The number of primary sulfonamides is 1. The highest BCUT2D eigenvalue weighted by Gasteiger charge is 2.08. The van der Waals surface area contributed by atoms with Crippen molar-refractivity contribution in [2.75, 3.05) is 18.4 Å². The molecule has 0 radical (unpaired) electrons. The van der Waals surface area contributed by atoms with Gasteiger partial charge in [0.05, 0.1) is 10.5 Å². The number of nitrogens with zero attached hydrogens (tertiary/aromatic N) is 1. The number of rotatable bonds is 10. The van der Waals surface area contributed by atoms with Gasteiger partial charge >= 0.3 is 0 Å². The van der Waals surface area contributed by atoms with E-state index in [9.17, 15) is 13.2 Å². The summed E-state index contributed by atoms with van der Waals surface area (Å²) in [5.41, 5.74) is 1.41. The summed E-state index contributed by atoms with van der Waals surface area (Å²) in [6.07, 6.45) is 5.58. The average Bonchev–Trinajstić information content (AvgIpc) is 2.65. The van der Waals surface area contributed by atoms with Gasteiger partial charge in [-0.05, 0) is 42.7 Å². The number of pyridine rings is 1. The minimum atomic E-state index is -3.68. The van der Waals surface area contributed by atoms with Gasteiger partial charge in [-0.3, -0.25) is 4.79 Å². The molecule has 1 aromatic carbocycles. The summed E-state index contributed by atoms with van der Waals surface area (Å²) in [6, 6.07) is 9.84. The smallest absolute Gasteiger partial charge is 0.252 e. The molecule has 0 fully saturated rings. The van der Waals surface area contributed by atoms with E-state index in [0.717, 1.165) is 24.3 Å². The maximum absolute atomic E-state index is 12.2. The van der Waals surface area contributed by atoms with Gasteiger partial charge in [-0.15, -0.1) is 0 Å². The molecule has 1 amide bonds. The van der Waals surface area contributed by atoms with Crippen LogP contribution in [-0.2, 0) is 16.4 Å². The molecule has 1 aromatic heterocycles. The summed E-state index contributed by atoms with van der Waals surface area (Å²) >= 11 is 0. The third-order valence-electron chi connectivity index (χ3n) is 4.06. The van der Waals surface area contributed by atoms with Crippen molar-refractivity contribution in [1.82, 2.24) is 10.3 Å². The second kappa shape index (κ2) is 10.0. The zero-order chi connectivity index (χ0) is 19.7. The number of benzene rings is 1. The van der Waals surface area contributed by atoms with Crippen molar-refractivity contribution >= 4 is 21.7 Å². The molecule has 27 heavy (non-hydrogen) atoms. The van der Waals surface area contributed by atoms with E-state index in [1.165, 1.54) is 25.0 Å². The Kier molecular flexibility index (Phi) is 7.75. The Labute approximate surface area is 160 Å². The molecule has 0 bridgehead atoms. The van der Waals surface area contributed by atoms with Gasteiger partial charge in [0.2, 0.25) is 10.0 Å². The molecule has 0 aliphatic heterocycles. The molecule has 2 rings (SSSR count). The monoisotopic (exact) mass is 390 g/mol. The van der Waals surface area contributed by atoms with Crippen LogP contribution in [0.5, 0.6) is 0 Å². The van der Waals surface area contributed by atoms with E-state index in [2.05, 4.69) is 22.5 Å². The van der Waals surface area contributed by atoms with Crippen molar-refractivity contribution in [1.29, 1.82) is 0 Å². The molecule has 146 valence electrons. The zero-order valence-corrected chi connectivity index (χ0v) is 16.3. The Morgan fingerprint density at radius 3 is 2.41 bits per heavy atom. The van der Waals surface area contributed by atoms with Crippen LogP contribution in [0.1, 0.15) is 42.1 Å². The van der Waals surface area contributed by atoms with Crippen molar-refractivity contribution < 1.29 is 13.2 Å². The number of nitrogens with one attached hydrogen (secondary N) is 2. The zero-order valence-electron chi connectivity index (χ0n) is 15.4. The average molecular weight is 391 g/mol. The van der Waals surface area contributed by atoms with E-state index in [1.807, 2.05) is 0 Å². The van der Waals surface area contributed by atoms with Gasteiger partial charge in [0.1, 0.15) is 5.82 Å². The van der Waals surface area contributed by atoms with Crippen LogP contribution in [0, 0.1) is 0 Å². The Bertz CT molecular complexity index is 834. The number of nitrogens with two attached hydrogens (primary N) is 1. The summed E-state index contributed by atoms with van der Waals surface area (Å²) < 4.78 is 22.5. The Morgan fingerprint density at radius 2 is 1.81 bits per heavy atom. The lowest BCUT2D eigenvalue weighted by molar-refractivity contribution is 0.0954. The first-order valence-electron chi connectivity index (χ1n) is 9.00. The first kappa shape index (κ1) is 20.9. The van der Waals surface area contributed by atoms with Crippen LogP contribution >= 0.6 is 0 Å². The fraction of sp³-hybridized carbons (Fsp3) is 0.368. The van der Waals surface area contributed by atoms with Crippen LogP contribution in [-0.4, -0.2) is 32.4 Å². The second-order valence-corrected chi connectivity index (χ2v) is 7.82.